The highest BCUT2D eigenvalue weighted by Gasteiger charge is 2.42. The number of rotatable bonds is 4. The molecule has 1 aliphatic rings. The van der Waals surface area contributed by atoms with Gasteiger partial charge in [0.2, 0.25) is 6.41 Å². The van der Waals surface area contributed by atoms with Gasteiger partial charge in [-0.3, -0.25) is 4.79 Å². The first-order chi connectivity index (χ1) is 10.7. The maximum atomic E-state index is 12.0. The van der Waals surface area contributed by atoms with Crippen molar-refractivity contribution in [1.82, 2.24) is 0 Å². The first-order valence-electron chi connectivity index (χ1n) is 7.42. The SMILES string of the molecule is O=CN(c1ccc(Br)cc1Br)C1(c2ccccc2)CCCC1. The predicted octanol–water partition coefficient (Wildman–Crippen LogP) is 5.64. The van der Waals surface area contributed by atoms with Gasteiger partial charge in [-0.2, -0.15) is 0 Å². The van der Waals surface area contributed by atoms with E-state index in [2.05, 4.69) is 56.1 Å². The fraction of sp³-hybridized carbons (Fsp3) is 0.278. The third-order valence-electron chi connectivity index (χ3n) is 4.48. The quantitative estimate of drug-likeness (QED) is 0.583. The van der Waals surface area contributed by atoms with Crippen LogP contribution >= 0.6 is 31.9 Å². The van der Waals surface area contributed by atoms with Crippen molar-refractivity contribution in [3.05, 3.63) is 63.0 Å². The summed E-state index contributed by atoms with van der Waals surface area (Å²) in [5.74, 6) is 0. The van der Waals surface area contributed by atoms with Gasteiger partial charge in [0.25, 0.3) is 0 Å². The molecule has 1 saturated carbocycles. The summed E-state index contributed by atoms with van der Waals surface area (Å²) < 4.78 is 1.92. The van der Waals surface area contributed by atoms with Gasteiger partial charge in [0.15, 0.2) is 0 Å². The number of hydrogen-bond acceptors (Lipinski definition) is 1. The summed E-state index contributed by atoms with van der Waals surface area (Å²) in [6, 6.07) is 16.3. The lowest BCUT2D eigenvalue weighted by Gasteiger charge is -2.40. The van der Waals surface area contributed by atoms with Gasteiger partial charge in [-0.15, -0.1) is 0 Å². The summed E-state index contributed by atoms with van der Waals surface area (Å²) in [7, 11) is 0. The van der Waals surface area contributed by atoms with Crippen LogP contribution in [0.4, 0.5) is 5.69 Å². The zero-order valence-corrected chi connectivity index (χ0v) is 15.3. The monoisotopic (exact) mass is 421 g/mol. The van der Waals surface area contributed by atoms with E-state index in [0.29, 0.717) is 0 Å². The molecular weight excluding hydrogens is 406 g/mol. The second-order valence-electron chi connectivity index (χ2n) is 5.68. The number of carbonyl (C=O) groups excluding carboxylic acids is 1. The number of benzene rings is 2. The van der Waals surface area contributed by atoms with Gasteiger partial charge in [0.05, 0.1) is 11.2 Å². The van der Waals surface area contributed by atoms with E-state index < -0.39 is 0 Å². The molecule has 1 amide bonds. The van der Waals surface area contributed by atoms with E-state index in [1.54, 1.807) is 0 Å². The average Bonchev–Trinajstić information content (AvgIpc) is 3.02. The van der Waals surface area contributed by atoms with E-state index in [9.17, 15) is 4.79 Å². The van der Waals surface area contributed by atoms with Gasteiger partial charge in [0.1, 0.15) is 0 Å². The van der Waals surface area contributed by atoms with Gasteiger partial charge in [0, 0.05) is 8.95 Å². The third kappa shape index (κ3) is 2.74. The van der Waals surface area contributed by atoms with Crippen molar-refractivity contribution in [3.8, 4) is 0 Å². The van der Waals surface area contributed by atoms with E-state index >= 15 is 0 Å². The molecule has 0 heterocycles. The topological polar surface area (TPSA) is 20.3 Å². The Morgan fingerprint density at radius 2 is 1.68 bits per heavy atom. The second-order valence-corrected chi connectivity index (χ2v) is 7.45. The Balaban J connectivity index is 2.12. The molecule has 114 valence electrons. The van der Waals surface area contributed by atoms with E-state index in [1.165, 1.54) is 5.56 Å². The summed E-state index contributed by atoms with van der Waals surface area (Å²) in [6.45, 7) is 0. The fourth-order valence-electron chi connectivity index (χ4n) is 3.44. The molecule has 4 heteroatoms. The molecule has 3 rings (SSSR count). The van der Waals surface area contributed by atoms with E-state index in [4.69, 9.17) is 0 Å². The Bertz CT molecular complexity index is 666. The van der Waals surface area contributed by atoms with Crippen molar-refractivity contribution in [2.45, 2.75) is 31.2 Å². The Morgan fingerprint density at radius 1 is 1.00 bits per heavy atom. The molecule has 0 atom stereocenters. The third-order valence-corrected chi connectivity index (χ3v) is 5.61. The number of carbonyl (C=O) groups is 1. The lowest BCUT2D eigenvalue weighted by atomic mass is 9.86. The second kappa shape index (κ2) is 6.55. The van der Waals surface area contributed by atoms with E-state index in [1.807, 2.05) is 29.2 Å². The van der Waals surface area contributed by atoms with Crippen LogP contribution in [0.1, 0.15) is 31.2 Å². The highest BCUT2D eigenvalue weighted by atomic mass is 79.9. The Kier molecular flexibility index (Phi) is 4.69. The summed E-state index contributed by atoms with van der Waals surface area (Å²) in [6.07, 6.45) is 5.27. The summed E-state index contributed by atoms with van der Waals surface area (Å²) >= 11 is 7.07. The molecule has 2 nitrogen and oxygen atoms in total. The normalized spacial score (nSPS) is 16.5. The van der Waals surface area contributed by atoms with Crippen molar-refractivity contribution in [1.29, 1.82) is 0 Å². The Hall–Kier alpha value is -1.13. The van der Waals surface area contributed by atoms with Crippen LogP contribution in [0, 0.1) is 0 Å². The van der Waals surface area contributed by atoms with Gasteiger partial charge < -0.3 is 4.90 Å². The van der Waals surface area contributed by atoms with Crippen molar-refractivity contribution in [2.75, 3.05) is 4.90 Å². The number of nitrogens with zero attached hydrogens (tertiary/aromatic N) is 1. The molecule has 2 aromatic rings. The molecular formula is C18H17Br2NO. The first-order valence-corrected chi connectivity index (χ1v) is 9.01. The molecule has 0 spiro atoms. The van der Waals surface area contributed by atoms with Gasteiger partial charge in [-0.1, -0.05) is 59.1 Å². The van der Waals surface area contributed by atoms with Crippen molar-refractivity contribution in [2.24, 2.45) is 0 Å². The maximum Gasteiger partial charge on any atom is 0.214 e. The zero-order chi connectivity index (χ0) is 15.6. The van der Waals surface area contributed by atoms with Crippen LogP contribution in [0.25, 0.3) is 0 Å². The van der Waals surface area contributed by atoms with Crippen molar-refractivity contribution >= 4 is 44.0 Å². The molecule has 0 saturated heterocycles. The smallest absolute Gasteiger partial charge is 0.214 e. The summed E-state index contributed by atoms with van der Waals surface area (Å²) in [5.41, 5.74) is 1.90. The van der Waals surface area contributed by atoms with Crippen LogP contribution in [-0.2, 0) is 10.3 Å². The molecule has 0 radical (unpaired) electrons. The standard InChI is InChI=1S/C18H17Br2NO/c19-15-8-9-17(16(20)12-15)21(13-22)18(10-4-5-11-18)14-6-2-1-3-7-14/h1-3,6-9,12-13H,4-5,10-11H2. The minimum absolute atomic E-state index is 0.237. The van der Waals surface area contributed by atoms with Gasteiger partial charge >= 0.3 is 0 Å². The van der Waals surface area contributed by atoms with E-state index in [-0.39, 0.29) is 5.54 Å². The van der Waals surface area contributed by atoms with Crippen LogP contribution in [-0.4, -0.2) is 6.41 Å². The molecule has 0 aliphatic heterocycles. The van der Waals surface area contributed by atoms with Crippen molar-refractivity contribution < 1.29 is 4.79 Å². The zero-order valence-electron chi connectivity index (χ0n) is 12.1. The van der Waals surface area contributed by atoms with Gasteiger partial charge in [-0.05, 0) is 52.5 Å². The van der Waals surface area contributed by atoms with Crippen LogP contribution in [0.2, 0.25) is 0 Å². The maximum absolute atomic E-state index is 12.0. The van der Waals surface area contributed by atoms with E-state index in [0.717, 1.165) is 46.7 Å². The average molecular weight is 423 g/mol. The lowest BCUT2D eigenvalue weighted by molar-refractivity contribution is -0.108. The van der Waals surface area contributed by atoms with Gasteiger partial charge in [-0.25, -0.2) is 0 Å². The highest BCUT2D eigenvalue weighted by Crippen LogP contribution is 2.46. The van der Waals surface area contributed by atoms with Crippen LogP contribution in [0.5, 0.6) is 0 Å². The van der Waals surface area contributed by atoms with Crippen molar-refractivity contribution in [3.63, 3.8) is 0 Å². The summed E-state index contributed by atoms with van der Waals surface area (Å²) in [4.78, 5) is 13.9. The number of halogens is 2. The fourth-order valence-corrected chi connectivity index (χ4v) is 4.68. The molecule has 2 aromatic carbocycles. The first kappa shape index (κ1) is 15.8. The lowest BCUT2D eigenvalue weighted by Crippen LogP contribution is -2.43. The molecule has 1 aliphatic carbocycles. The molecule has 22 heavy (non-hydrogen) atoms. The van der Waals surface area contributed by atoms with Crippen LogP contribution in [0.15, 0.2) is 57.5 Å². The highest BCUT2D eigenvalue weighted by molar-refractivity contribution is 9.11. The van der Waals surface area contributed by atoms with Crippen LogP contribution < -0.4 is 4.90 Å². The number of amides is 1. The molecule has 0 unspecified atom stereocenters. The number of anilines is 1. The Labute approximate surface area is 147 Å². The summed E-state index contributed by atoms with van der Waals surface area (Å²) in [5, 5.41) is 0. The minimum Gasteiger partial charge on any atom is -0.304 e. The largest absolute Gasteiger partial charge is 0.304 e. The molecule has 0 bridgehead atoms. The minimum atomic E-state index is -0.237. The predicted molar refractivity (Wildman–Crippen MR) is 97.0 cm³/mol. The Morgan fingerprint density at radius 3 is 2.27 bits per heavy atom. The number of hydrogen-bond donors (Lipinski definition) is 0. The molecule has 0 aromatic heterocycles. The van der Waals surface area contributed by atoms with Crippen LogP contribution in [0.3, 0.4) is 0 Å². The molecule has 0 N–H and O–H groups in total. The molecule has 1 fully saturated rings.